The Kier molecular flexibility index (Phi) is 8.22. The van der Waals surface area contributed by atoms with Crippen molar-refractivity contribution in [3.05, 3.63) is 96.6 Å². The summed E-state index contributed by atoms with van der Waals surface area (Å²) in [6.07, 6.45) is 0. The van der Waals surface area contributed by atoms with E-state index in [1.54, 1.807) is 0 Å². The SMILES string of the molecule is CC(C)C(/N=C(/NCc1ccccc1)P(c1ccccc1)c1ccccc1)C(C)C. The lowest BCUT2D eigenvalue weighted by Gasteiger charge is -2.27. The average molecular weight is 417 g/mol. The zero-order valence-electron chi connectivity index (χ0n) is 18.5. The molecule has 0 saturated heterocycles. The van der Waals surface area contributed by atoms with E-state index in [4.69, 9.17) is 4.99 Å². The summed E-state index contributed by atoms with van der Waals surface area (Å²) in [5.41, 5.74) is 2.38. The van der Waals surface area contributed by atoms with Gasteiger partial charge < -0.3 is 5.32 Å². The van der Waals surface area contributed by atoms with Crippen molar-refractivity contribution in [1.82, 2.24) is 5.32 Å². The van der Waals surface area contributed by atoms with Crippen LogP contribution in [0.2, 0.25) is 0 Å². The van der Waals surface area contributed by atoms with Crippen LogP contribution in [0.1, 0.15) is 33.3 Å². The molecule has 0 spiro atoms. The summed E-state index contributed by atoms with van der Waals surface area (Å²) in [4.78, 5) is 5.38. The predicted octanol–water partition coefficient (Wildman–Crippen LogP) is 5.95. The second kappa shape index (κ2) is 11.1. The van der Waals surface area contributed by atoms with Crippen LogP contribution >= 0.6 is 7.92 Å². The van der Waals surface area contributed by atoms with Crippen molar-refractivity contribution in [2.45, 2.75) is 40.3 Å². The smallest absolute Gasteiger partial charge is 0.129 e. The Morgan fingerprint density at radius 1 is 0.700 bits per heavy atom. The predicted molar refractivity (Wildman–Crippen MR) is 133 cm³/mol. The van der Waals surface area contributed by atoms with Crippen LogP contribution in [0, 0.1) is 11.8 Å². The molecule has 0 saturated carbocycles. The zero-order chi connectivity index (χ0) is 21.3. The fraction of sp³-hybridized carbons (Fsp3) is 0.296. The molecule has 3 heteroatoms. The Balaban J connectivity index is 2.06. The number of hydrogen-bond donors (Lipinski definition) is 1. The van der Waals surface area contributed by atoms with Crippen LogP contribution in [0.5, 0.6) is 0 Å². The van der Waals surface area contributed by atoms with E-state index >= 15 is 0 Å². The standard InChI is InChI=1S/C27H33N2P/c1-21(2)26(22(3)4)29-27(28-20-23-14-8-5-9-15-23)30(24-16-10-6-11-17-24)25-18-12-7-13-19-25/h5-19,21-22,26H,20H2,1-4H3,(H,28,29). The zero-order valence-corrected chi connectivity index (χ0v) is 19.4. The summed E-state index contributed by atoms with van der Waals surface area (Å²) in [5.74, 6) is 0.976. The molecule has 0 heterocycles. The molecule has 3 rings (SSSR count). The molecular weight excluding hydrogens is 383 g/mol. The quantitative estimate of drug-likeness (QED) is 0.274. The summed E-state index contributed by atoms with van der Waals surface area (Å²) in [7, 11) is -0.754. The fourth-order valence-corrected chi connectivity index (χ4v) is 5.93. The first-order chi connectivity index (χ1) is 14.6. The minimum atomic E-state index is -0.754. The third kappa shape index (κ3) is 6.03. The van der Waals surface area contributed by atoms with Gasteiger partial charge >= 0.3 is 0 Å². The molecule has 0 fully saturated rings. The van der Waals surface area contributed by atoms with Crippen molar-refractivity contribution >= 4 is 24.1 Å². The number of benzene rings is 3. The monoisotopic (exact) mass is 416 g/mol. The highest BCUT2D eigenvalue weighted by Gasteiger charge is 2.24. The van der Waals surface area contributed by atoms with Crippen LogP contribution in [0.25, 0.3) is 0 Å². The third-order valence-electron chi connectivity index (χ3n) is 5.17. The molecule has 0 unspecified atom stereocenters. The maximum atomic E-state index is 5.38. The first kappa shape index (κ1) is 22.2. The van der Waals surface area contributed by atoms with Crippen molar-refractivity contribution in [2.75, 3.05) is 0 Å². The van der Waals surface area contributed by atoms with Crippen LogP contribution in [-0.2, 0) is 6.54 Å². The van der Waals surface area contributed by atoms with Gasteiger partial charge in [-0.1, -0.05) is 119 Å². The van der Waals surface area contributed by atoms with E-state index in [1.807, 2.05) is 0 Å². The van der Waals surface area contributed by atoms with E-state index in [2.05, 4.69) is 124 Å². The van der Waals surface area contributed by atoms with Gasteiger partial charge in [0.1, 0.15) is 5.58 Å². The molecule has 0 aliphatic heterocycles. The van der Waals surface area contributed by atoms with Crippen LogP contribution in [0.15, 0.2) is 96.0 Å². The average Bonchev–Trinajstić information content (AvgIpc) is 2.77. The minimum absolute atomic E-state index is 0.278. The van der Waals surface area contributed by atoms with Crippen LogP contribution in [0.3, 0.4) is 0 Å². The molecule has 1 N–H and O–H groups in total. The molecule has 30 heavy (non-hydrogen) atoms. The van der Waals surface area contributed by atoms with E-state index in [0.29, 0.717) is 11.8 Å². The van der Waals surface area contributed by atoms with Gasteiger partial charge in [0.2, 0.25) is 0 Å². The molecule has 0 aliphatic rings. The van der Waals surface area contributed by atoms with Crippen molar-refractivity contribution in [3.8, 4) is 0 Å². The summed E-state index contributed by atoms with van der Waals surface area (Å²) in [6, 6.07) is 32.5. The van der Waals surface area contributed by atoms with Crippen molar-refractivity contribution in [3.63, 3.8) is 0 Å². The van der Waals surface area contributed by atoms with Gasteiger partial charge in [-0.25, -0.2) is 0 Å². The van der Waals surface area contributed by atoms with Crippen molar-refractivity contribution in [1.29, 1.82) is 0 Å². The highest BCUT2D eigenvalue weighted by Crippen LogP contribution is 2.36. The topological polar surface area (TPSA) is 24.4 Å². The van der Waals surface area contributed by atoms with Crippen LogP contribution in [0.4, 0.5) is 0 Å². The number of rotatable bonds is 8. The first-order valence-corrected chi connectivity index (χ1v) is 12.2. The number of nitrogens with zero attached hydrogens (tertiary/aromatic N) is 1. The third-order valence-corrected chi connectivity index (χ3v) is 7.50. The maximum Gasteiger partial charge on any atom is 0.129 e. The van der Waals surface area contributed by atoms with E-state index in [0.717, 1.165) is 12.1 Å². The first-order valence-electron chi connectivity index (χ1n) is 10.8. The molecule has 3 aromatic rings. The van der Waals surface area contributed by atoms with Crippen LogP contribution in [-0.4, -0.2) is 11.6 Å². The Morgan fingerprint density at radius 2 is 1.13 bits per heavy atom. The highest BCUT2D eigenvalue weighted by atomic mass is 31.1. The lowest BCUT2D eigenvalue weighted by molar-refractivity contribution is 0.389. The van der Waals surface area contributed by atoms with Gasteiger partial charge in [0.05, 0.1) is 6.04 Å². The van der Waals surface area contributed by atoms with Gasteiger partial charge in [-0.3, -0.25) is 4.99 Å². The Morgan fingerprint density at radius 3 is 1.57 bits per heavy atom. The second-order valence-corrected chi connectivity index (χ2v) is 10.4. The summed E-state index contributed by atoms with van der Waals surface area (Å²) >= 11 is 0. The molecule has 0 radical (unpaired) electrons. The molecule has 156 valence electrons. The number of aliphatic imine (C=N–C) groups is 1. The Bertz CT molecular complexity index is 858. The molecule has 0 bridgehead atoms. The van der Waals surface area contributed by atoms with Gasteiger partial charge in [-0.2, -0.15) is 0 Å². The van der Waals surface area contributed by atoms with E-state index in [1.165, 1.54) is 16.2 Å². The fourth-order valence-electron chi connectivity index (χ4n) is 3.72. The number of nitrogens with one attached hydrogen (secondary N) is 1. The van der Waals surface area contributed by atoms with Gasteiger partial charge in [-0.15, -0.1) is 0 Å². The normalized spacial score (nSPS) is 12.2. The molecular formula is C27H33N2P. The van der Waals surface area contributed by atoms with Gasteiger partial charge in [0, 0.05) is 14.5 Å². The Hall–Kier alpha value is -2.44. The minimum Gasteiger partial charge on any atom is -0.366 e. The molecule has 0 aliphatic carbocycles. The summed E-state index contributed by atoms with van der Waals surface area (Å²) in [5, 5.41) is 6.40. The number of hydrogen-bond acceptors (Lipinski definition) is 1. The second-order valence-electron chi connectivity index (χ2n) is 8.28. The Labute approximate surface area is 183 Å². The molecule has 0 aromatic heterocycles. The molecule has 0 atom stereocenters. The molecule has 2 nitrogen and oxygen atoms in total. The largest absolute Gasteiger partial charge is 0.366 e. The van der Waals surface area contributed by atoms with Crippen LogP contribution < -0.4 is 15.9 Å². The highest BCUT2D eigenvalue weighted by molar-refractivity contribution is 7.87. The summed E-state index contributed by atoms with van der Waals surface area (Å²) in [6.45, 7) is 9.88. The van der Waals surface area contributed by atoms with Gasteiger partial charge in [0.25, 0.3) is 0 Å². The van der Waals surface area contributed by atoms with Crippen molar-refractivity contribution < 1.29 is 0 Å². The lowest BCUT2D eigenvalue weighted by Crippen LogP contribution is -2.32. The maximum absolute atomic E-state index is 5.38. The summed E-state index contributed by atoms with van der Waals surface area (Å²) < 4.78 is 0. The van der Waals surface area contributed by atoms with E-state index < -0.39 is 7.92 Å². The van der Waals surface area contributed by atoms with Crippen molar-refractivity contribution in [2.24, 2.45) is 16.8 Å². The van der Waals surface area contributed by atoms with Gasteiger partial charge in [-0.05, 0) is 28.0 Å². The molecule has 0 amide bonds. The number of amidine groups is 1. The lowest BCUT2D eigenvalue weighted by atomic mass is 9.94. The molecule has 3 aromatic carbocycles. The van der Waals surface area contributed by atoms with Gasteiger partial charge in [0.15, 0.2) is 0 Å². The van der Waals surface area contributed by atoms with E-state index in [-0.39, 0.29) is 6.04 Å². The van der Waals surface area contributed by atoms with E-state index in [9.17, 15) is 0 Å².